The van der Waals surface area contributed by atoms with Gasteiger partial charge < -0.3 is 10.0 Å². The third-order valence-electron chi connectivity index (χ3n) is 3.41. The van der Waals surface area contributed by atoms with Crippen molar-refractivity contribution in [1.82, 2.24) is 14.8 Å². The molecule has 1 fully saturated rings. The highest BCUT2D eigenvalue weighted by Gasteiger charge is 2.30. The molecule has 94 valence electrons. The van der Waals surface area contributed by atoms with Gasteiger partial charge >= 0.3 is 5.97 Å². The molecule has 0 spiro atoms. The van der Waals surface area contributed by atoms with Crippen molar-refractivity contribution in [3.63, 3.8) is 0 Å². The van der Waals surface area contributed by atoms with E-state index in [1.807, 2.05) is 11.9 Å². The lowest BCUT2D eigenvalue weighted by molar-refractivity contribution is 0.0697. The highest BCUT2D eigenvalue weighted by molar-refractivity contribution is 6.03. The van der Waals surface area contributed by atoms with Crippen molar-refractivity contribution in [3.05, 3.63) is 18.0 Å². The first-order valence-electron chi connectivity index (χ1n) is 5.86. The number of hydrogen-bond acceptors (Lipinski definition) is 4. The number of anilines is 1. The van der Waals surface area contributed by atoms with Gasteiger partial charge in [0.05, 0.1) is 17.3 Å². The minimum atomic E-state index is -0.948. The van der Waals surface area contributed by atoms with Crippen LogP contribution >= 0.6 is 0 Å². The van der Waals surface area contributed by atoms with Crippen LogP contribution in [0.2, 0.25) is 0 Å². The number of nitrogens with zero attached hydrogens (tertiary/aromatic N) is 4. The molecular weight excluding hydrogens is 232 g/mol. The smallest absolute Gasteiger partial charge is 0.339 e. The van der Waals surface area contributed by atoms with Crippen LogP contribution in [0.4, 0.5) is 5.69 Å². The van der Waals surface area contributed by atoms with E-state index in [9.17, 15) is 9.90 Å². The van der Waals surface area contributed by atoms with Crippen LogP contribution in [-0.4, -0.2) is 38.9 Å². The van der Waals surface area contributed by atoms with Crippen LogP contribution in [-0.2, 0) is 7.05 Å². The number of carboxylic acid groups (broad SMARTS) is 1. The van der Waals surface area contributed by atoms with E-state index in [4.69, 9.17) is 0 Å². The number of carboxylic acids is 1. The molecule has 2 aromatic heterocycles. The number of aryl methyl sites for hydroxylation is 1. The second kappa shape index (κ2) is 3.69. The summed E-state index contributed by atoms with van der Waals surface area (Å²) in [5.41, 5.74) is 1.68. The number of rotatable bonds is 3. The first-order chi connectivity index (χ1) is 8.59. The number of fused-ring (bicyclic) bond motifs is 1. The number of aromatic nitrogens is 3. The summed E-state index contributed by atoms with van der Waals surface area (Å²) >= 11 is 0. The predicted molar refractivity (Wildman–Crippen MR) is 66.9 cm³/mol. The summed E-state index contributed by atoms with van der Waals surface area (Å²) in [4.78, 5) is 17.5. The van der Waals surface area contributed by atoms with Crippen molar-refractivity contribution in [1.29, 1.82) is 0 Å². The average molecular weight is 246 g/mol. The van der Waals surface area contributed by atoms with Gasteiger partial charge in [-0.05, 0) is 12.8 Å². The summed E-state index contributed by atoms with van der Waals surface area (Å²) < 4.78 is 1.66. The molecule has 6 nitrogen and oxygen atoms in total. The standard InChI is InChI=1S/C12H14N4O2/c1-15(7-3-4-7)10-8-6-14-16(2)11(8)13-5-9(10)12(17)18/h5-7H,3-4H2,1-2H3,(H,17,18). The topological polar surface area (TPSA) is 71.2 Å². The fourth-order valence-corrected chi connectivity index (χ4v) is 2.26. The highest BCUT2D eigenvalue weighted by Crippen LogP contribution is 2.36. The molecule has 0 bridgehead atoms. The van der Waals surface area contributed by atoms with Crippen LogP contribution < -0.4 is 4.90 Å². The fraction of sp³-hybridized carbons (Fsp3) is 0.417. The Hall–Kier alpha value is -2.11. The Labute approximate surface area is 104 Å². The fourth-order valence-electron chi connectivity index (χ4n) is 2.26. The van der Waals surface area contributed by atoms with Crippen molar-refractivity contribution in [3.8, 4) is 0 Å². The minimum Gasteiger partial charge on any atom is -0.478 e. The van der Waals surface area contributed by atoms with Crippen LogP contribution in [0.25, 0.3) is 11.0 Å². The molecule has 0 unspecified atom stereocenters. The van der Waals surface area contributed by atoms with Crippen molar-refractivity contribution < 1.29 is 9.90 Å². The van der Waals surface area contributed by atoms with E-state index >= 15 is 0 Å². The molecule has 2 heterocycles. The van der Waals surface area contributed by atoms with Gasteiger partial charge in [-0.25, -0.2) is 9.78 Å². The SMILES string of the molecule is CN(c1c(C(=O)O)cnc2c1cnn2C)C1CC1. The van der Waals surface area contributed by atoms with E-state index in [2.05, 4.69) is 10.1 Å². The molecule has 6 heteroatoms. The Bertz CT molecular complexity index is 630. The second-order valence-electron chi connectivity index (χ2n) is 4.67. The van der Waals surface area contributed by atoms with Crippen molar-refractivity contribution in [2.24, 2.45) is 7.05 Å². The van der Waals surface area contributed by atoms with Gasteiger partial charge in [0.15, 0.2) is 5.65 Å². The van der Waals surface area contributed by atoms with E-state index in [0.29, 0.717) is 11.7 Å². The zero-order chi connectivity index (χ0) is 12.9. The summed E-state index contributed by atoms with van der Waals surface area (Å²) in [5, 5.41) is 14.2. The predicted octanol–water partition coefficient (Wildman–Crippen LogP) is 1.27. The normalized spacial score (nSPS) is 15.0. The zero-order valence-corrected chi connectivity index (χ0v) is 10.3. The molecule has 0 radical (unpaired) electrons. The zero-order valence-electron chi connectivity index (χ0n) is 10.3. The second-order valence-corrected chi connectivity index (χ2v) is 4.67. The minimum absolute atomic E-state index is 0.241. The molecule has 1 aliphatic rings. The molecule has 0 atom stereocenters. The summed E-state index contributed by atoms with van der Waals surface area (Å²) in [6.45, 7) is 0. The first-order valence-corrected chi connectivity index (χ1v) is 5.86. The molecule has 1 saturated carbocycles. The monoisotopic (exact) mass is 246 g/mol. The summed E-state index contributed by atoms with van der Waals surface area (Å²) in [6, 6.07) is 0.439. The largest absolute Gasteiger partial charge is 0.478 e. The Morgan fingerprint density at radius 1 is 1.50 bits per heavy atom. The number of carbonyl (C=O) groups is 1. The number of aromatic carboxylic acids is 1. The van der Waals surface area contributed by atoms with E-state index in [1.165, 1.54) is 6.20 Å². The van der Waals surface area contributed by atoms with Crippen molar-refractivity contribution >= 4 is 22.7 Å². The molecule has 1 N–H and O–H groups in total. The number of hydrogen-bond donors (Lipinski definition) is 1. The molecule has 0 amide bonds. The quantitative estimate of drug-likeness (QED) is 0.882. The third-order valence-corrected chi connectivity index (χ3v) is 3.41. The average Bonchev–Trinajstić information content (AvgIpc) is 3.12. The summed E-state index contributed by atoms with van der Waals surface area (Å²) in [5.74, 6) is -0.948. The van der Waals surface area contributed by atoms with Gasteiger partial charge in [0.25, 0.3) is 0 Å². The lowest BCUT2D eigenvalue weighted by Crippen LogP contribution is -2.22. The van der Waals surface area contributed by atoms with E-state index in [-0.39, 0.29) is 5.56 Å². The molecule has 0 saturated heterocycles. The lowest BCUT2D eigenvalue weighted by Gasteiger charge is -2.21. The van der Waals surface area contributed by atoms with Crippen LogP contribution in [0, 0.1) is 0 Å². The Kier molecular flexibility index (Phi) is 2.26. The maximum absolute atomic E-state index is 11.3. The lowest BCUT2D eigenvalue weighted by atomic mass is 10.1. The summed E-state index contributed by atoms with van der Waals surface area (Å²) in [6.07, 6.45) is 5.32. The van der Waals surface area contributed by atoms with E-state index in [0.717, 1.165) is 23.9 Å². The van der Waals surface area contributed by atoms with E-state index in [1.54, 1.807) is 17.9 Å². The molecule has 18 heavy (non-hydrogen) atoms. The summed E-state index contributed by atoms with van der Waals surface area (Å²) in [7, 11) is 3.74. The van der Waals surface area contributed by atoms with Crippen molar-refractivity contribution in [2.75, 3.05) is 11.9 Å². The maximum Gasteiger partial charge on any atom is 0.339 e. The molecular formula is C12H14N4O2. The molecule has 1 aliphatic carbocycles. The van der Waals surface area contributed by atoms with Crippen LogP contribution in [0.3, 0.4) is 0 Å². The van der Waals surface area contributed by atoms with Gasteiger partial charge in [0.2, 0.25) is 0 Å². The molecule has 0 aromatic carbocycles. The van der Waals surface area contributed by atoms with Gasteiger partial charge in [-0.15, -0.1) is 0 Å². The van der Waals surface area contributed by atoms with Gasteiger partial charge in [-0.2, -0.15) is 5.10 Å². The van der Waals surface area contributed by atoms with Gasteiger partial charge in [0, 0.05) is 26.3 Å². The Morgan fingerprint density at radius 2 is 2.22 bits per heavy atom. The van der Waals surface area contributed by atoms with Crippen LogP contribution in [0.5, 0.6) is 0 Å². The van der Waals surface area contributed by atoms with Gasteiger partial charge in [-0.1, -0.05) is 0 Å². The van der Waals surface area contributed by atoms with E-state index < -0.39 is 5.97 Å². The van der Waals surface area contributed by atoms with Crippen molar-refractivity contribution in [2.45, 2.75) is 18.9 Å². The highest BCUT2D eigenvalue weighted by atomic mass is 16.4. The first kappa shape index (κ1) is 11.0. The van der Waals surface area contributed by atoms with Gasteiger partial charge in [0.1, 0.15) is 5.56 Å². The number of pyridine rings is 1. The van der Waals surface area contributed by atoms with Gasteiger partial charge in [-0.3, -0.25) is 4.68 Å². The van der Waals surface area contributed by atoms with Crippen LogP contribution in [0.15, 0.2) is 12.4 Å². The molecule has 0 aliphatic heterocycles. The molecule has 3 rings (SSSR count). The Balaban J connectivity index is 2.27. The maximum atomic E-state index is 11.3. The Morgan fingerprint density at radius 3 is 2.83 bits per heavy atom. The third kappa shape index (κ3) is 1.53. The van der Waals surface area contributed by atoms with Crippen LogP contribution in [0.1, 0.15) is 23.2 Å². The molecule has 2 aromatic rings.